The molecule has 0 saturated heterocycles. The molecule has 2 fully saturated rings. The molecule has 2 saturated carbocycles. The lowest BCUT2D eigenvalue weighted by Gasteiger charge is -2.27. The normalized spacial score (nSPS) is 26.5. The predicted molar refractivity (Wildman–Crippen MR) is 86.1 cm³/mol. The third-order valence-corrected chi connectivity index (χ3v) is 4.97. The molecule has 0 bridgehead atoms. The average Bonchev–Trinajstić information content (AvgIpc) is 3.23. The molecular weight excluding hydrogens is 314 g/mol. The monoisotopic (exact) mass is 337 g/mol. The zero-order chi connectivity index (χ0) is 13.9. The number of rotatable bonds is 5. The first-order valence-corrected chi connectivity index (χ1v) is 8.68. The van der Waals surface area contributed by atoms with Crippen molar-refractivity contribution in [2.24, 2.45) is 5.92 Å². The first-order chi connectivity index (χ1) is 9.70. The molecule has 0 heterocycles. The number of benzene rings is 1. The van der Waals surface area contributed by atoms with E-state index < -0.39 is 0 Å². The van der Waals surface area contributed by atoms with Crippen molar-refractivity contribution in [3.05, 3.63) is 28.2 Å². The van der Waals surface area contributed by atoms with Crippen LogP contribution < -0.4 is 10.1 Å². The highest BCUT2D eigenvalue weighted by atomic mass is 79.9. The number of halogens is 1. The van der Waals surface area contributed by atoms with Crippen LogP contribution in [-0.2, 0) is 6.54 Å². The Morgan fingerprint density at radius 1 is 1.25 bits per heavy atom. The summed E-state index contributed by atoms with van der Waals surface area (Å²) in [6.45, 7) is 3.29. The van der Waals surface area contributed by atoms with Crippen LogP contribution in [0.1, 0.15) is 51.0 Å². The SMILES string of the molecule is CC1CCCC(Oc2ccc(CNC3CC3)cc2Br)C1. The highest BCUT2D eigenvalue weighted by Crippen LogP contribution is 2.32. The smallest absolute Gasteiger partial charge is 0.133 e. The molecule has 0 aliphatic heterocycles. The van der Waals surface area contributed by atoms with Gasteiger partial charge in [0.05, 0.1) is 10.6 Å². The van der Waals surface area contributed by atoms with Crippen LogP contribution in [0, 0.1) is 5.92 Å². The average molecular weight is 338 g/mol. The minimum absolute atomic E-state index is 0.394. The second kappa shape index (κ2) is 6.48. The molecule has 20 heavy (non-hydrogen) atoms. The van der Waals surface area contributed by atoms with Gasteiger partial charge in [0.2, 0.25) is 0 Å². The molecule has 2 nitrogen and oxygen atoms in total. The van der Waals surface area contributed by atoms with Gasteiger partial charge in [-0.3, -0.25) is 0 Å². The highest BCUT2D eigenvalue weighted by molar-refractivity contribution is 9.10. The van der Waals surface area contributed by atoms with E-state index in [1.807, 2.05) is 0 Å². The molecule has 3 heteroatoms. The van der Waals surface area contributed by atoms with Gasteiger partial charge in [-0.1, -0.05) is 19.4 Å². The Labute approximate surface area is 130 Å². The quantitative estimate of drug-likeness (QED) is 0.843. The summed E-state index contributed by atoms with van der Waals surface area (Å²) in [5.41, 5.74) is 1.33. The molecule has 1 aromatic carbocycles. The van der Waals surface area contributed by atoms with Crippen LogP contribution in [0.4, 0.5) is 0 Å². The van der Waals surface area contributed by atoms with Crippen LogP contribution in [-0.4, -0.2) is 12.1 Å². The van der Waals surface area contributed by atoms with E-state index in [-0.39, 0.29) is 0 Å². The summed E-state index contributed by atoms with van der Waals surface area (Å²) in [6.07, 6.45) is 8.11. The predicted octanol–water partition coefficient (Wildman–Crippen LogP) is 4.66. The molecule has 2 aliphatic carbocycles. The maximum absolute atomic E-state index is 6.18. The molecule has 3 rings (SSSR count). The molecular formula is C17H24BrNO. The van der Waals surface area contributed by atoms with E-state index in [9.17, 15) is 0 Å². The maximum Gasteiger partial charge on any atom is 0.133 e. The van der Waals surface area contributed by atoms with E-state index in [0.29, 0.717) is 6.10 Å². The molecule has 2 atom stereocenters. The summed E-state index contributed by atoms with van der Waals surface area (Å²) >= 11 is 3.66. The van der Waals surface area contributed by atoms with Gasteiger partial charge in [-0.05, 0) is 71.6 Å². The van der Waals surface area contributed by atoms with Crippen LogP contribution in [0.3, 0.4) is 0 Å². The van der Waals surface area contributed by atoms with Gasteiger partial charge in [0.1, 0.15) is 5.75 Å². The molecule has 1 aromatic rings. The summed E-state index contributed by atoms with van der Waals surface area (Å²) < 4.78 is 7.27. The largest absolute Gasteiger partial charge is 0.489 e. The van der Waals surface area contributed by atoms with Crippen molar-refractivity contribution in [2.45, 2.75) is 64.1 Å². The lowest BCUT2D eigenvalue weighted by molar-refractivity contribution is 0.128. The fraction of sp³-hybridized carbons (Fsp3) is 0.647. The lowest BCUT2D eigenvalue weighted by atomic mass is 9.89. The third kappa shape index (κ3) is 3.98. The van der Waals surface area contributed by atoms with Crippen molar-refractivity contribution in [3.8, 4) is 5.75 Å². The van der Waals surface area contributed by atoms with Crippen molar-refractivity contribution in [3.63, 3.8) is 0 Å². The molecule has 110 valence electrons. The Bertz CT molecular complexity index is 458. The van der Waals surface area contributed by atoms with Crippen LogP contribution >= 0.6 is 15.9 Å². The first kappa shape index (κ1) is 14.4. The van der Waals surface area contributed by atoms with E-state index in [2.05, 4.69) is 46.4 Å². The highest BCUT2D eigenvalue weighted by Gasteiger charge is 2.22. The summed E-state index contributed by atoms with van der Waals surface area (Å²) in [7, 11) is 0. The van der Waals surface area contributed by atoms with Gasteiger partial charge in [0.25, 0.3) is 0 Å². The van der Waals surface area contributed by atoms with Crippen LogP contribution in [0.5, 0.6) is 5.75 Å². The van der Waals surface area contributed by atoms with Crippen molar-refractivity contribution in [1.82, 2.24) is 5.32 Å². The Hall–Kier alpha value is -0.540. The van der Waals surface area contributed by atoms with Crippen LogP contribution in [0.25, 0.3) is 0 Å². The maximum atomic E-state index is 6.18. The van der Waals surface area contributed by atoms with Gasteiger partial charge >= 0.3 is 0 Å². The van der Waals surface area contributed by atoms with E-state index in [4.69, 9.17) is 4.74 Å². The zero-order valence-electron chi connectivity index (χ0n) is 12.2. The van der Waals surface area contributed by atoms with Crippen molar-refractivity contribution in [1.29, 1.82) is 0 Å². The number of hydrogen-bond acceptors (Lipinski definition) is 2. The summed E-state index contributed by atoms with van der Waals surface area (Å²) in [4.78, 5) is 0. The van der Waals surface area contributed by atoms with Gasteiger partial charge in [-0.15, -0.1) is 0 Å². The molecule has 0 aromatic heterocycles. The standard InChI is InChI=1S/C17H24BrNO/c1-12-3-2-4-15(9-12)20-17-8-5-13(10-16(17)18)11-19-14-6-7-14/h5,8,10,12,14-15,19H,2-4,6-7,9,11H2,1H3. The minimum atomic E-state index is 0.394. The van der Waals surface area contributed by atoms with Gasteiger partial charge in [-0.2, -0.15) is 0 Å². The van der Waals surface area contributed by atoms with E-state index >= 15 is 0 Å². The van der Waals surface area contributed by atoms with E-state index in [1.54, 1.807) is 0 Å². The second-order valence-electron chi connectivity index (χ2n) is 6.43. The summed E-state index contributed by atoms with van der Waals surface area (Å²) in [5, 5.41) is 3.55. The Balaban J connectivity index is 1.58. The van der Waals surface area contributed by atoms with Gasteiger partial charge in [0, 0.05) is 12.6 Å². The number of hydrogen-bond donors (Lipinski definition) is 1. The summed E-state index contributed by atoms with van der Waals surface area (Å²) in [6, 6.07) is 7.25. The topological polar surface area (TPSA) is 21.3 Å². The van der Waals surface area contributed by atoms with Crippen molar-refractivity contribution < 1.29 is 4.74 Å². The Morgan fingerprint density at radius 3 is 2.80 bits per heavy atom. The zero-order valence-corrected chi connectivity index (χ0v) is 13.8. The number of nitrogens with one attached hydrogen (secondary N) is 1. The lowest BCUT2D eigenvalue weighted by Crippen LogP contribution is -2.24. The number of ether oxygens (including phenoxy) is 1. The van der Waals surface area contributed by atoms with E-state index in [1.165, 1.54) is 44.1 Å². The molecule has 0 radical (unpaired) electrons. The third-order valence-electron chi connectivity index (χ3n) is 4.35. The van der Waals surface area contributed by atoms with Gasteiger partial charge in [-0.25, -0.2) is 0 Å². The van der Waals surface area contributed by atoms with E-state index in [0.717, 1.165) is 28.7 Å². The molecule has 0 spiro atoms. The van der Waals surface area contributed by atoms with Crippen molar-refractivity contribution in [2.75, 3.05) is 0 Å². The van der Waals surface area contributed by atoms with Crippen LogP contribution in [0.2, 0.25) is 0 Å². The Kier molecular flexibility index (Phi) is 4.67. The van der Waals surface area contributed by atoms with Crippen LogP contribution in [0.15, 0.2) is 22.7 Å². The van der Waals surface area contributed by atoms with Gasteiger partial charge in [0.15, 0.2) is 0 Å². The van der Waals surface area contributed by atoms with Gasteiger partial charge < -0.3 is 10.1 Å². The molecule has 2 unspecified atom stereocenters. The minimum Gasteiger partial charge on any atom is -0.489 e. The Morgan fingerprint density at radius 2 is 2.10 bits per heavy atom. The molecule has 2 aliphatic rings. The molecule has 0 amide bonds. The fourth-order valence-electron chi connectivity index (χ4n) is 2.96. The molecule has 1 N–H and O–H groups in total. The first-order valence-electron chi connectivity index (χ1n) is 7.89. The fourth-order valence-corrected chi connectivity index (χ4v) is 3.48. The van der Waals surface area contributed by atoms with Crippen molar-refractivity contribution >= 4 is 15.9 Å². The summed E-state index contributed by atoms with van der Waals surface area (Å²) in [5.74, 6) is 1.80. The second-order valence-corrected chi connectivity index (χ2v) is 7.29.